The Morgan fingerprint density at radius 1 is 0.914 bits per heavy atom. The summed E-state index contributed by atoms with van der Waals surface area (Å²) < 4.78 is 10.5. The lowest BCUT2D eigenvalue weighted by Crippen LogP contribution is -2.32. The minimum atomic E-state index is -0.694. The molecule has 0 atom stereocenters. The quantitative estimate of drug-likeness (QED) is 0.465. The molecular weight excluding hydrogens is 470 g/mol. The molecule has 1 aliphatic heterocycles. The van der Waals surface area contributed by atoms with Crippen LogP contribution in [0, 0.1) is 6.92 Å². The van der Waals surface area contributed by atoms with Crippen LogP contribution in [0.5, 0.6) is 11.5 Å². The highest BCUT2D eigenvalue weighted by Gasteiger charge is 2.40. The van der Waals surface area contributed by atoms with Crippen molar-refractivity contribution in [3.8, 4) is 11.5 Å². The molecule has 0 saturated heterocycles. The van der Waals surface area contributed by atoms with Crippen molar-refractivity contribution in [2.24, 2.45) is 0 Å². The molecule has 0 radical (unpaired) electrons. The first-order valence-corrected chi connectivity index (χ1v) is 11.0. The third kappa shape index (κ3) is 4.69. The Morgan fingerprint density at radius 3 is 2.29 bits per heavy atom. The minimum Gasteiger partial charge on any atom is -0.497 e. The number of aryl methyl sites for hydroxylation is 1. The van der Waals surface area contributed by atoms with Gasteiger partial charge in [0.2, 0.25) is 0 Å². The third-order valence-corrected chi connectivity index (χ3v) is 5.81. The van der Waals surface area contributed by atoms with Crippen molar-refractivity contribution >= 4 is 46.4 Å². The highest BCUT2D eigenvalue weighted by molar-refractivity contribution is 6.53. The molecule has 1 aliphatic rings. The van der Waals surface area contributed by atoms with Crippen LogP contribution in [0.1, 0.15) is 15.9 Å². The molecule has 178 valence electrons. The summed E-state index contributed by atoms with van der Waals surface area (Å²) in [6.45, 7) is 1.91. The van der Waals surface area contributed by atoms with Gasteiger partial charge in [-0.3, -0.25) is 14.4 Å². The zero-order valence-electron chi connectivity index (χ0n) is 19.2. The number of ether oxygens (including phenoxy) is 2. The lowest BCUT2D eigenvalue weighted by atomic mass is 10.1. The van der Waals surface area contributed by atoms with Gasteiger partial charge in [0.25, 0.3) is 17.7 Å². The van der Waals surface area contributed by atoms with Gasteiger partial charge >= 0.3 is 0 Å². The van der Waals surface area contributed by atoms with Crippen LogP contribution in [0.2, 0.25) is 0 Å². The van der Waals surface area contributed by atoms with Gasteiger partial charge in [-0.1, -0.05) is 29.8 Å². The van der Waals surface area contributed by atoms with Gasteiger partial charge in [-0.2, -0.15) is 0 Å². The Kier molecular flexibility index (Phi) is 6.75. The van der Waals surface area contributed by atoms with E-state index in [0.717, 1.165) is 16.2 Å². The number of nitrogens with one attached hydrogen (secondary N) is 2. The lowest BCUT2D eigenvalue weighted by Gasteiger charge is -2.19. The number of nitrogens with zero attached hydrogens (tertiary/aromatic N) is 1. The number of halogens is 1. The smallest absolute Gasteiger partial charge is 0.283 e. The normalized spacial score (nSPS) is 13.2. The summed E-state index contributed by atoms with van der Waals surface area (Å²) in [6.07, 6.45) is 0. The Hall–Kier alpha value is -4.30. The van der Waals surface area contributed by atoms with E-state index in [9.17, 15) is 14.4 Å². The molecule has 9 heteroatoms. The predicted molar refractivity (Wildman–Crippen MR) is 134 cm³/mol. The SMILES string of the molecule is COc1ccc(OC)c(N2C(=O)C(Cl)=C(Nc3ccc(C(=O)Nc4ccccc4C)cc3)C2=O)c1. The number of rotatable bonds is 7. The van der Waals surface area contributed by atoms with Crippen LogP contribution >= 0.6 is 11.6 Å². The standard InChI is InChI=1S/C26H22ClN3O5/c1-15-6-4-5-7-19(15)29-24(31)16-8-10-17(11-9-16)28-23-22(27)25(32)30(26(23)33)20-14-18(34-2)12-13-21(20)35-3/h4-14,28H,1-3H3,(H,29,31). The molecule has 4 rings (SSSR count). The number of carbonyl (C=O) groups is 3. The fourth-order valence-corrected chi connectivity index (χ4v) is 3.77. The molecule has 0 spiro atoms. The summed E-state index contributed by atoms with van der Waals surface area (Å²) in [5, 5.41) is 5.50. The van der Waals surface area contributed by atoms with Gasteiger partial charge < -0.3 is 20.1 Å². The van der Waals surface area contributed by atoms with Crippen molar-refractivity contribution in [1.29, 1.82) is 0 Å². The van der Waals surface area contributed by atoms with Gasteiger partial charge in [-0.05, 0) is 55.0 Å². The van der Waals surface area contributed by atoms with Crippen LogP contribution in [0.25, 0.3) is 0 Å². The number of methoxy groups -OCH3 is 2. The number of amides is 3. The number of imide groups is 1. The van der Waals surface area contributed by atoms with Crippen molar-refractivity contribution in [2.45, 2.75) is 6.92 Å². The zero-order chi connectivity index (χ0) is 25.1. The molecule has 3 amide bonds. The summed E-state index contributed by atoms with van der Waals surface area (Å²) in [7, 11) is 2.91. The molecule has 8 nitrogen and oxygen atoms in total. The van der Waals surface area contributed by atoms with E-state index in [-0.39, 0.29) is 22.3 Å². The fourth-order valence-electron chi connectivity index (χ4n) is 3.56. The average Bonchev–Trinajstić information content (AvgIpc) is 3.08. The predicted octanol–water partition coefficient (Wildman–Crippen LogP) is 4.70. The Morgan fingerprint density at radius 2 is 1.63 bits per heavy atom. The van der Waals surface area contributed by atoms with Gasteiger partial charge in [0, 0.05) is 23.0 Å². The first-order valence-electron chi connectivity index (χ1n) is 10.6. The molecule has 3 aromatic carbocycles. The highest BCUT2D eigenvalue weighted by Crippen LogP contribution is 2.38. The second-order valence-electron chi connectivity index (χ2n) is 7.64. The maximum absolute atomic E-state index is 13.1. The van der Waals surface area contributed by atoms with E-state index in [1.54, 1.807) is 36.4 Å². The number of para-hydroxylation sites is 1. The van der Waals surface area contributed by atoms with E-state index in [4.69, 9.17) is 21.1 Å². The zero-order valence-corrected chi connectivity index (χ0v) is 20.0. The number of anilines is 3. The van der Waals surface area contributed by atoms with E-state index in [0.29, 0.717) is 22.7 Å². The largest absolute Gasteiger partial charge is 0.497 e. The molecule has 0 bridgehead atoms. The highest BCUT2D eigenvalue weighted by atomic mass is 35.5. The summed E-state index contributed by atoms with van der Waals surface area (Å²) in [5.41, 5.74) is 2.70. The number of hydrogen-bond acceptors (Lipinski definition) is 6. The summed E-state index contributed by atoms with van der Waals surface area (Å²) in [4.78, 5) is 39.5. The van der Waals surface area contributed by atoms with Crippen LogP contribution in [0.4, 0.5) is 17.1 Å². The number of benzene rings is 3. The van der Waals surface area contributed by atoms with Crippen molar-refractivity contribution in [2.75, 3.05) is 29.8 Å². The summed E-state index contributed by atoms with van der Waals surface area (Å²) >= 11 is 6.24. The van der Waals surface area contributed by atoms with Crippen molar-refractivity contribution in [3.05, 3.63) is 88.6 Å². The van der Waals surface area contributed by atoms with Crippen LogP contribution in [0.15, 0.2) is 77.5 Å². The summed E-state index contributed by atoms with van der Waals surface area (Å²) in [6, 6.07) is 18.7. The minimum absolute atomic E-state index is 0.0846. The van der Waals surface area contributed by atoms with Gasteiger partial charge in [0.15, 0.2) is 0 Å². The molecule has 0 fully saturated rings. The molecule has 35 heavy (non-hydrogen) atoms. The maximum atomic E-state index is 13.1. The number of carbonyl (C=O) groups excluding carboxylic acids is 3. The van der Waals surface area contributed by atoms with E-state index in [2.05, 4.69) is 10.6 Å². The molecule has 0 saturated carbocycles. The van der Waals surface area contributed by atoms with Gasteiger partial charge in [0.05, 0.1) is 19.9 Å². The summed E-state index contributed by atoms with van der Waals surface area (Å²) in [5.74, 6) is -0.861. The third-order valence-electron chi connectivity index (χ3n) is 5.46. The molecule has 2 N–H and O–H groups in total. The van der Waals surface area contributed by atoms with E-state index >= 15 is 0 Å². The number of hydrogen-bond donors (Lipinski definition) is 2. The van der Waals surface area contributed by atoms with Gasteiger partial charge in [0.1, 0.15) is 22.2 Å². The van der Waals surface area contributed by atoms with E-state index in [1.807, 2.05) is 31.2 Å². The molecule has 3 aromatic rings. The second kappa shape index (κ2) is 9.90. The van der Waals surface area contributed by atoms with Crippen molar-refractivity contribution in [1.82, 2.24) is 0 Å². The van der Waals surface area contributed by atoms with Crippen LogP contribution in [-0.2, 0) is 9.59 Å². The van der Waals surface area contributed by atoms with E-state index in [1.165, 1.54) is 20.3 Å². The van der Waals surface area contributed by atoms with Crippen LogP contribution in [-0.4, -0.2) is 31.9 Å². The molecule has 0 unspecified atom stereocenters. The van der Waals surface area contributed by atoms with Crippen LogP contribution in [0.3, 0.4) is 0 Å². The maximum Gasteiger partial charge on any atom is 0.283 e. The van der Waals surface area contributed by atoms with Crippen molar-refractivity contribution in [3.63, 3.8) is 0 Å². The van der Waals surface area contributed by atoms with Gasteiger partial charge in [-0.25, -0.2) is 4.90 Å². The first-order chi connectivity index (χ1) is 16.8. The Balaban J connectivity index is 1.53. The molecule has 1 heterocycles. The average molecular weight is 492 g/mol. The Labute approximate surface area is 207 Å². The Bertz CT molecular complexity index is 1350. The van der Waals surface area contributed by atoms with Crippen LogP contribution < -0.4 is 25.0 Å². The van der Waals surface area contributed by atoms with Gasteiger partial charge in [-0.15, -0.1) is 0 Å². The first kappa shape index (κ1) is 23.8. The second-order valence-corrected chi connectivity index (χ2v) is 8.02. The molecular formula is C26H22ClN3O5. The van der Waals surface area contributed by atoms with E-state index < -0.39 is 11.8 Å². The molecule has 0 aromatic heterocycles. The van der Waals surface area contributed by atoms with Crippen molar-refractivity contribution < 1.29 is 23.9 Å². The lowest BCUT2D eigenvalue weighted by molar-refractivity contribution is -0.120. The fraction of sp³-hybridized carbons (Fsp3) is 0.115. The molecule has 0 aliphatic carbocycles. The monoisotopic (exact) mass is 491 g/mol. The topological polar surface area (TPSA) is 97.0 Å².